The number of methoxy groups -OCH3 is 1. The van der Waals surface area contributed by atoms with Gasteiger partial charge in [0.2, 0.25) is 0 Å². The minimum atomic E-state index is 0.581. The second-order valence-electron chi connectivity index (χ2n) is 4.37. The Morgan fingerprint density at radius 2 is 2.00 bits per heavy atom. The Balaban J connectivity index is 1.67. The third-order valence-corrected chi connectivity index (χ3v) is 3.02. The highest BCUT2D eigenvalue weighted by molar-refractivity contribution is 5.32. The molecule has 1 fully saturated rings. The standard InChI is InChI=1S/C15H21NO3/c1-17-14-5-4-6-15(13-14)19-10-3-2-7-16-8-11-18-12-9-16/h2-6,13H,7-12H2,1H3. The smallest absolute Gasteiger partial charge is 0.123 e. The van der Waals surface area contributed by atoms with Gasteiger partial charge in [-0.05, 0) is 12.1 Å². The Bertz CT molecular complexity index is 400. The van der Waals surface area contributed by atoms with E-state index >= 15 is 0 Å². The fourth-order valence-corrected chi connectivity index (χ4v) is 1.91. The quantitative estimate of drug-likeness (QED) is 0.734. The molecule has 1 saturated heterocycles. The molecule has 0 spiro atoms. The number of rotatable bonds is 6. The first-order valence-electron chi connectivity index (χ1n) is 6.60. The predicted molar refractivity (Wildman–Crippen MR) is 74.9 cm³/mol. The number of hydrogen-bond donors (Lipinski definition) is 0. The van der Waals surface area contributed by atoms with Crippen LogP contribution in [0.2, 0.25) is 0 Å². The molecule has 0 saturated carbocycles. The number of nitrogens with zero attached hydrogens (tertiary/aromatic N) is 1. The van der Waals surface area contributed by atoms with Gasteiger partial charge in [-0.15, -0.1) is 0 Å². The van der Waals surface area contributed by atoms with Crippen molar-refractivity contribution in [1.82, 2.24) is 4.90 Å². The first kappa shape index (κ1) is 13.9. The van der Waals surface area contributed by atoms with Crippen LogP contribution in [0.25, 0.3) is 0 Å². The molecule has 1 aliphatic heterocycles. The highest BCUT2D eigenvalue weighted by atomic mass is 16.5. The minimum Gasteiger partial charge on any atom is -0.497 e. The van der Waals surface area contributed by atoms with E-state index in [9.17, 15) is 0 Å². The van der Waals surface area contributed by atoms with Crippen LogP contribution >= 0.6 is 0 Å². The van der Waals surface area contributed by atoms with Gasteiger partial charge in [0.1, 0.15) is 18.1 Å². The lowest BCUT2D eigenvalue weighted by atomic mass is 10.3. The van der Waals surface area contributed by atoms with Crippen molar-refractivity contribution in [3.05, 3.63) is 36.4 Å². The van der Waals surface area contributed by atoms with E-state index in [4.69, 9.17) is 14.2 Å². The maximum absolute atomic E-state index is 5.63. The van der Waals surface area contributed by atoms with Crippen LogP contribution in [0.15, 0.2) is 36.4 Å². The molecule has 104 valence electrons. The normalized spacial score (nSPS) is 16.7. The zero-order valence-corrected chi connectivity index (χ0v) is 11.4. The first-order valence-corrected chi connectivity index (χ1v) is 6.60. The van der Waals surface area contributed by atoms with Gasteiger partial charge in [0.25, 0.3) is 0 Å². The number of benzene rings is 1. The fraction of sp³-hybridized carbons (Fsp3) is 0.467. The van der Waals surface area contributed by atoms with E-state index in [-0.39, 0.29) is 0 Å². The number of ether oxygens (including phenoxy) is 3. The van der Waals surface area contributed by atoms with Crippen LogP contribution in [-0.2, 0) is 4.74 Å². The molecule has 0 unspecified atom stereocenters. The molecular weight excluding hydrogens is 242 g/mol. The molecule has 0 bridgehead atoms. The third kappa shape index (κ3) is 4.93. The van der Waals surface area contributed by atoms with Gasteiger partial charge >= 0.3 is 0 Å². The molecule has 2 rings (SSSR count). The summed E-state index contributed by atoms with van der Waals surface area (Å²) < 4.78 is 16.1. The maximum atomic E-state index is 5.63. The van der Waals surface area contributed by atoms with Crippen LogP contribution in [-0.4, -0.2) is 51.5 Å². The Labute approximate surface area is 114 Å². The van der Waals surface area contributed by atoms with E-state index in [1.807, 2.05) is 24.3 Å². The summed E-state index contributed by atoms with van der Waals surface area (Å²) in [6.45, 7) is 5.26. The average molecular weight is 263 g/mol. The topological polar surface area (TPSA) is 30.9 Å². The summed E-state index contributed by atoms with van der Waals surface area (Å²) in [4.78, 5) is 2.37. The van der Waals surface area contributed by atoms with Crippen LogP contribution < -0.4 is 9.47 Å². The number of morpholine rings is 1. The third-order valence-electron chi connectivity index (χ3n) is 3.02. The van der Waals surface area contributed by atoms with Crippen LogP contribution in [0.1, 0.15) is 0 Å². The van der Waals surface area contributed by atoms with E-state index in [0.717, 1.165) is 44.3 Å². The van der Waals surface area contributed by atoms with E-state index in [1.54, 1.807) is 7.11 Å². The monoisotopic (exact) mass is 263 g/mol. The fourth-order valence-electron chi connectivity index (χ4n) is 1.91. The van der Waals surface area contributed by atoms with Crippen molar-refractivity contribution in [2.45, 2.75) is 0 Å². The van der Waals surface area contributed by atoms with Crippen molar-refractivity contribution >= 4 is 0 Å². The molecular formula is C15H21NO3. The van der Waals surface area contributed by atoms with Gasteiger partial charge in [0.15, 0.2) is 0 Å². The van der Waals surface area contributed by atoms with Crippen LogP contribution in [0.3, 0.4) is 0 Å². The summed E-state index contributed by atoms with van der Waals surface area (Å²) in [7, 11) is 1.65. The highest BCUT2D eigenvalue weighted by Gasteiger charge is 2.07. The van der Waals surface area contributed by atoms with Crippen molar-refractivity contribution in [3.8, 4) is 11.5 Å². The average Bonchev–Trinajstić information content (AvgIpc) is 2.48. The number of hydrogen-bond acceptors (Lipinski definition) is 4. The van der Waals surface area contributed by atoms with Crippen LogP contribution in [0.4, 0.5) is 0 Å². The van der Waals surface area contributed by atoms with E-state index in [0.29, 0.717) is 6.61 Å². The van der Waals surface area contributed by atoms with Crippen LogP contribution in [0.5, 0.6) is 11.5 Å². The summed E-state index contributed by atoms with van der Waals surface area (Å²) in [6, 6.07) is 7.64. The van der Waals surface area contributed by atoms with E-state index in [1.165, 1.54) is 0 Å². The van der Waals surface area contributed by atoms with Crippen molar-refractivity contribution in [3.63, 3.8) is 0 Å². The van der Waals surface area contributed by atoms with Crippen molar-refractivity contribution in [2.24, 2.45) is 0 Å². The van der Waals surface area contributed by atoms with Gasteiger partial charge in [0.05, 0.1) is 20.3 Å². The summed E-state index contributed by atoms with van der Waals surface area (Å²) in [5.41, 5.74) is 0. The SMILES string of the molecule is COc1cccc(OCC=CCN2CCOCC2)c1. The molecule has 0 aliphatic carbocycles. The molecule has 0 atom stereocenters. The maximum Gasteiger partial charge on any atom is 0.123 e. The Morgan fingerprint density at radius 1 is 1.21 bits per heavy atom. The minimum absolute atomic E-state index is 0.581. The van der Waals surface area contributed by atoms with Gasteiger partial charge in [-0.3, -0.25) is 4.90 Å². The molecule has 19 heavy (non-hydrogen) atoms. The zero-order chi connectivity index (χ0) is 13.3. The summed E-state index contributed by atoms with van der Waals surface area (Å²) >= 11 is 0. The van der Waals surface area contributed by atoms with Gasteiger partial charge in [0, 0.05) is 25.7 Å². The Kier molecular flexibility index (Phi) is 5.72. The molecule has 0 aromatic heterocycles. The molecule has 1 aromatic rings. The Morgan fingerprint density at radius 3 is 2.79 bits per heavy atom. The summed E-state index contributed by atoms with van der Waals surface area (Å²) in [5, 5.41) is 0. The Hall–Kier alpha value is -1.52. The van der Waals surface area contributed by atoms with E-state index < -0.39 is 0 Å². The van der Waals surface area contributed by atoms with Crippen molar-refractivity contribution in [2.75, 3.05) is 46.6 Å². The predicted octanol–water partition coefficient (Wildman–Crippen LogP) is 1.96. The van der Waals surface area contributed by atoms with Gasteiger partial charge in [-0.25, -0.2) is 0 Å². The molecule has 1 heterocycles. The largest absolute Gasteiger partial charge is 0.497 e. The van der Waals surface area contributed by atoms with Crippen molar-refractivity contribution in [1.29, 1.82) is 0 Å². The molecule has 0 N–H and O–H groups in total. The lowest BCUT2D eigenvalue weighted by molar-refractivity contribution is 0.0434. The van der Waals surface area contributed by atoms with E-state index in [2.05, 4.69) is 17.1 Å². The summed E-state index contributed by atoms with van der Waals surface area (Å²) in [6.07, 6.45) is 4.19. The highest BCUT2D eigenvalue weighted by Crippen LogP contribution is 2.18. The molecule has 4 nitrogen and oxygen atoms in total. The molecule has 0 radical (unpaired) electrons. The second kappa shape index (κ2) is 7.81. The lowest BCUT2D eigenvalue weighted by Gasteiger charge is -2.25. The molecule has 0 amide bonds. The lowest BCUT2D eigenvalue weighted by Crippen LogP contribution is -2.36. The second-order valence-corrected chi connectivity index (χ2v) is 4.37. The molecule has 1 aliphatic rings. The van der Waals surface area contributed by atoms with Crippen molar-refractivity contribution < 1.29 is 14.2 Å². The van der Waals surface area contributed by atoms with Gasteiger partial charge in [-0.2, -0.15) is 0 Å². The molecule has 4 heteroatoms. The zero-order valence-electron chi connectivity index (χ0n) is 11.4. The summed E-state index contributed by atoms with van der Waals surface area (Å²) in [5.74, 6) is 1.64. The first-order chi connectivity index (χ1) is 9.38. The molecule has 1 aromatic carbocycles. The van der Waals surface area contributed by atoms with Gasteiger partial charge in [-0.1, -0.05) is 18.2 Å². The van der Waals surface area contributed by atoms with Gasteiger partial charge < -0.3 is 14.2 Å². The van der Waals surface area contributed by atoms with Crippen LogP contribution in [0, 0.1) is 0 Å².